The van der Waals surface area contributed by atoms with Gasteiger partial charge in [0.2, 0.25) is 11.8 Å². The number of anilines is 1. The fourth-order valence-electron chi connectivity index (χ4n) is 4.53. The number of benzene rings is 1. The molecule has 2 aromatic rings. The van der Waals surface area contributed by atoms with Crippen LogP contribution in [-0.2, 0) is 16.0 Å². The Bertz CT molecular complexity index is 1150. The number of Topliss-reactive ketones (excluding diaryl/α,β-unsaturated/α-hetero) is 1. The van der Waals surface area contributed by atoms with Gasteiger partial charge in [0.15, 0.2) is 5.78 Å². The molecule has 0 aliphatic heterocycles. The predicted octanol–water partition coefficient (Wildman–Crippen LogP) is 3.22. The van der Waals surface area contributed by atoms with Gasteiger partial charge >= 0.3 is 0 Å². The first-order valence-corrected chi connectivity index (χ1v) is 11.8. The summed E-state index contributed by atoms with van der Waals surface area (Å²) in [4.78, 5) is 48.3. The standard InChI is InChI=1S/C25H33N5O5/c1-15-23-19(13-25(2,3)14-20(23)31)30(28-15)16-10-11-17(24(26)34)18(12-16)27-21(32)8-6-4-5-7-9-22(33)29-35/h10-12,35H,4-9,13-14H2,1-3H3,(H2,26,34)(H,27,32)(H,29,33). The van der Waals surface area contributed by atoms with Gasteiger partial charge in [-0.2, -0.15) is 5.10 Å². The van der Waals surface area contributed by atoms with Crippen LogP contribution in [0.5, 0.6) is 0 Å². The van der Waals surface area contributed by atoms with Gasteiger partial charge in [0.25, 0.3) is 5.91 Å². The van der Waals surface area contributed by atoms with Crippen LogP contribution in [0.15, 0.2) is 18.2 Å². The van der Waals surface area contributed by atoms with Gasteiger partial charge in [-0.25, -0.2) is 10.2 Å². The molecule has 1 aliphatic carbocycles. The van der Waals surface area contributed by atoms with Crippen LogP contribution in [0.4, 0.5) is 5.69 Å². The van der Waals surface area contributed by atoms with Crippen molar-refractivity contribution < 1.29 is 24.4 Å². The molecule has 0 unspecified atom stereocenters. The molecule has 188 valence electrons. The number of aryl methyl sites for hydroxylation is 1. The van der Waals surface area contributed by atoms with Crippen LogP contribution in [0.25, 0.3) is 5.69 Å². The van der Waals surface area contributed by atoms with E-state index in [1.54, 1.807) is 28.4 Å². The number of primary amides is 1. The summed E-state index contributed by atoms with van der Waals surface area (Å²) in [7, 11) is 0. The molecular weight excluding hydrogens is 450 g/mol. The van der Waals surface area contributed by atoms with Gasteiger partial charge in [-0.1, -0.05) is 26.7 Å². The third-order valence-corrected chi connectivity index (χ3v) is 6.19. The van der Waals surface area contributed by atoms with Crippen molar-refractivity contribution in [3.63, 3.8) is 0 Å². The van der Waals surface area contributed by atoms with Crippen LogP contribution in [0, 0.1) is 12.3 Å². The second-order valence-corrected chi connectivity index (χ2v) is 9.85. The lowest BCUT2D eigenvalue weighted by molar-refractivity contribution is -0.129. The zero-order chi connectivity index (χ0) is 25.8. The average molecular weight is 484 g/mol. The van der Waals surface area contributed by atoms with Crippen molar-refractivity contribution in [3.8, 4) is 5.69 Å². The molecule has 0 spiro atoms. The maximum absolute atomic E-state index is 12.7. The second kappa shape index (κ2) is 10.8. The van der Waals surface area contributed by atoms with Crippen LogP contribution < -0.4 is 16.5 Å². The van der Waals surface area contributed by atoms with Crippen LogP contribution >= 0.6 is 0 Å². The second-order valence-electron chi connectivity index (χ2n) is 9.85. The number of hydroxylamine groups is 1. The summed E-state index contributed by atoms with van der Waals surface area (Å²) in [6, 6.07) is 4.92. The topological polar surface area (TPSA) is 156 Å². The Labute approximate surface area is 204 Å². The van der Waals surface area contributed by atoms with E-state index in [1.807, 2.05) is 20.8 Å². The van der Waals surface area contributed by atoms with Crippen molar-refractivity contribution in [2.24, 2.45) is 11.1 Å². The van der Waals surface area contributed by atoms with Crippen molar-refractivity contribution in [1.82, 2.24) is 15.3 Å². The highest BCUT2D eigenvalue weighted by Gasteiger charge is 2.35. The molecule has 0 fully saturated rings. The summed E-state index contributed by atoms with van der Waals surface area (Å²) in [6.07, 6.45) is 4.34. The lowest BCUT2D eigenvalue weighted by Crippen LogP contribution is -2.28. The van der Waals surface area contributed by atoms with Gasteiger partial charge < -0.3 is 11.1 Å². The molecule has 0 saturated heterocycles. The van der Waals surface area contributed by atoms with Gasteiger partial charge in [0.05, 0.1) is 33.9 Å². The van der Waals surface area contributed by atoms with E-state index in [0.29, 0.717) is 48.3 Å². The monoisotopic (exact) mass is 483 g/mol. The lowest BCUT2D eigenvalue weighted by Gasteiger charge is -2.29. The summed E-state index contributed by atoms with van der Waals surface area (Å²) in [6.45, 7) is 5.90. The van der Waals surface area contributed by atoms with Crippen molar-refractivity contribution in [2.45, 2.75) is 72.1 Å². The van der Waals surface area contributed by atoms with Crippen molar-refractivity contribution in [2.75, 3.05) is 5.32 Å². The zero-order valence-electron chi connectivity index (χ0n) is 20.4. The van der Waals surface area contributed by atoms with Crippen molar-refractivity contribution in [3.05, 3.63) is 40.7 Å². The van der Waals surface area contributed by atoms with Gasteiger partial charge in [-0.15, -0.1) is 0 Å². The molecule has 0 atom stereocenters. The molecule has 35 heavy (non-hydrogen) atoms. The largest absolute Gasteiger partial charge is 0.366 e. The normalized spacial score (nSPS) is 14.3. The molecule has 1 aromatic carbocycles. The Morgan fingerprint density at radius 3 is 2.37 bits per heavy atom. The maximum atomic E-state index is 12.7. The van der Waals surface area contributed by atoms with E-state index < -0.39 is 11.8 Å². The molecule has 0 bridgehead atoms. The third kappa shape index (κ3) is 6.33. The number of rotatable bonds is 10. The van der Waals surface area contributed by atoms with Crippen molar-refractivity contribution in [1.29, 1.82) is 0 Å². The first-order chi connectivity index (χ1) is 16.5. The first-order valence-electron chi connectivity index (χ1n) is 11.8. The fraction of sp³-hybridized carbons (Fsp3) is 0.480. The Hall–Kier alpha value is -3.53. The molecule has 1 heterocycles. The number of carbonyl (C=O) groups is 4. The molecule has 0 radical (unpaired) electrons. The number of hydrogen-bond donors (Lipinski definition) is 4. The highest BCUT2D eigenvalue weighted by Crippen LogP contribution is 2.37. The third-order valence-electron chi connectivity index (χ3n) is 6.19. The van der Waals surface area contributed by atoms with Gasteiger partial charge in [-0.05, 0) is 49.8 Å². The van der Waals surface area contributed by atoms with Crippen molar-refractivity contribution >= 4 is 29.2 Å². The molecule has 10 heteroatoms. The number of carbonyl (C=O) groups excluding carboxylic acids is 4. The summed E-state index contributed by atoms with van der Waals surface area (Å²) in [5.74, 6) is -1.28. The van der Waals surface area contributed by atoms with E-state index >= 15 is 0 Å². The minimum atomic E-state index is -0.663. The summed E-state index contributed by atoms with van der Waals surface area (Å²) in [5, 5.41) is 15.9. The summed E-state index contributed by atoms with van der Waals surface area (Å²) >= 11 is 0. The predicted molar refractivity (Wildman–Crippen MR) is 130 cm³/mol. The highest BCUT2D eigenvalue weighted by molar-refractivity contribution is 6.03. The van der Waals surface area contributed by atoms with E-state index in [2.05, 4.69) is 10.4 Å². The fourth-order valence-corrected chi connectivity index (χ4v) is 4.53. The number of amides is 3. The SMILES string of the molecule is Cc1nn(-c2ccc(C(N)=O)c(NC(=O)CCCCCCC(=O)NO)c2)c2c1C(=O)CC(C)(C)C2. The number of unbranched alkanes of at least 4 members (excludes halogenated alkanes) is 3. The Morgan fingerprint density at radius 1 is 1.09 bits per heavy atom. The van der Waals surface area contributed by atoms with E-state index in [0.717, 1.165) is 18.5 Å². The van der Waals surface area contributed by atoms with E-state index in [4.69, 9.17) is 10.9 Å². The first kappa shape index (κ1) is 26.1. The molecule has 3 rings (SSSR count). The zero-order valence-corrected chi connectivity index (χ0v) is 20.4. The molecule has 0 saturated carbocycles. The maximum Gasteiger partial charge on any atom is 0.250 e. The number of nitrogens with zero attached hydrogens (tertiary/aromatic N) is 2. The minimum Gasteiger partial charge on any atom is -0.366 e. The van der Waals surface area contributed by atoms with Crippen LogP contribution in [-0.4, -0.2) is 38.5 Å². The van der Waals surface area contributed by atoms with E-state index in [-0.39, 0.29) is 35.5 Å². The molecule has 3 amide bonds. The quantitative estimate of drug-likeness (QED) is 0.231. The highest BCUT2D eigenvalue weighted by atomic mass is 16.5. The molecule has 5 N–H and O–H groups in total. The lowest BCUT2D eigenvalue weighted by atomic mass is 9.75. The average Bonchev–Trinajstić information content (AvgIpc) is 3.10. The van der Waals surface area contributed by atoms with Crippen LogP contribution in [0.1, 0.15) is 90.9 Å². The number of nitrogens with one attached hydrogen (secondary N) is 2. The van der Waals surface area contributed by atoms with E-state index in [1.165, 1.54) is 0 Å². The number of fused-ring (bicyclic) bond motifs is 1. The minimum absolute atomic E-state index is 0.0688. The summed E-state index contributed by atoms with van der Waals surface area (Å²) < 4.78 is 1.71. The Kier molecular flexibility index (Phi) is 8.06. The number of aromatic nitrogens is 2. The molecule has 10 nitrogen and oxygen atoms in total. The Balaban J connectivity index is 1.75. The number of hydrogen-bond acceptors (Lipinski definition) is 6. The van der Waals surface area contributed by atoms with E-state index in [9.17, 15) is 19.2 Å². The molecule has 1 aliphatic rings. The number of ketones is 1. The van der Waals surface area contributed by atoms with Gasteiger partial charge in [-0.3, -0.25) is 24.4 Å². The summed E-state index contributed by atoms with van der Waals surface area (Å²) in [5.41, 5.74) is 10.2. The van der Waals surface area contributed by atoms with Crippen LogP contribution in [0.2, 0.25) is 0 Å². The molecule has 1 aromatic heterocycles. The van der Waals surface area contributed by atoms with Crippen LogP contribution in [0.3, 0.4) is 0 Å². The van der Waals surface area contributed by atoms with Gasteiger partial charge in [0.1, 0.15) is 0 Å². The Morgan fingerprint density at radius 2 is 1.74 bits per heavy atom. The molecular formula is C25H33N5O5. The smallest absolute Gasteiger partial charge is 0.250 e. The van der Waals surface area contributed by atoms with Gasteiger partial charge in [0, 0.05) is 19.3 Å². The number of nitrogens with two attached hydrogens (primary N) is 1.